The zero-order valence-corrected chi connectivity index (χ0v) is 15.0. The fraction of sp³-hybridized carbons (Fsp3) is 0.300. The fourth-order valence-corrected chi connectivity index (χ4v) is 2.55. The van der Waals surface area contributed by atoms with Crippen LogP contribution in [0.4, 0.5) is 0 Å². The number of hydrogen-bond donors (Lipinski definition) is 2. The maximum absolute atomic E-state index is 12.3. The van der Waals surface area contributed by atoms with Crippen LogP contribution in [0.3, 0.4) is 0 Å². The van der Waals surface area contributed by atoms with Crippen LogP contribution in [-0.4, -0.2) is 36.7 Å². The van der Waals surface area contributed by atoms with Crippen molar-refractivity contribution in [1.29, 1.82) is 0 Å². The lowest BCUT2D eigenvalue weighted by Crippen LogP contribution is -2.27. The van der Waals surface area contributed by atoms with Gasteiger partial charge in [0, 0.05) is 12.1 Å². The highest BCUT2D eigenvalue weighted by Gasteiger charge is 2.12. The van der Waals surface area contributed by atoms with Gasteiger partial charge >= 0.3 is 5.97 Å². The molecule has 0 aromatic heterocycles. The highest BCUT2D eigenvalue weighted by atomic mass is 16.5. The minimum atomic E-state index is -1.04. The summed E-state index contributed by atoms with van der Waals surface area (Å²) in [6, 6.07) is 13.2. The largest absolute Gasteiger partial charge is 0.481 e. The van der Waals surface area contributed by atoms with Crippen LogP contribution in [0.1, 0.15) is 27.0 Å². The van der Waals surface area contributed by atoms with Crippen molar-refractivity contribution < 1.29 is 24.2 Å². The Morgan fingerprint density at radius 1 is 1.08 bits per heavy atom. The third-order valence-corrected chi connectivity index (χ3v) is 3.71. The van der Waals surface area contributed by atoms with E-state index in [1.165, 1.54) is 0 Å². The van der Waals surface area contributed by atoms with Gasteiger partial charge < -0.3 is 19.9 Å². The zero-order valence-electron chi connectivity index (χ0n) is 15.0. The molecule has 138 valence electrons. The van der Waals surface area contributed by atoms with Gasteiger partial charge in [-0.15, -0.1) is 0 Å². The zero-order chi connectivity index (χ0) is 18.9. The molecule has 0 aliphatic carbocycles. The van der Waals surface area contributed by atoms with E-state index in [9.17, 15) is 9.59 Å². The summed E-state index contributed by atoms with van der Waals surface area (Å²) in [6.07, 6.45) is 0. The number of carboxylic acid groups (broad SMARTS) is 1. The second kappa shape index (κ2) is 9.58. The lowest BCUT2D eigenvalue weighted by atomic mass is 10.1. The Bertz CT molecular complexity index is 735. The number of ether oxygens (including phenoxy) is 2. The number of nitrogens with one attached hydrogen (secondary N) is 1. The first-order chi connectivity index (χ1) is 12.5. The first kappa shape index (κ1) is 19.5. The Morgan fingerprint density at radius 3 is 2.35 bits per heavy atom. The van der Waals surface area contributed by atoms with Crippen LogP contribution in [0.25, 0.3) is 0 Å². The number of benzene rings is 2. The summed E-state index contributed by atoms with van der Waals surface area (Å²) in [5.41, 5.74) is 3.03. The molecule has 2 aromatic rings. The van der Waals surface area contributed by atoms with Crippen molar-refractivity contribution in [3.05, 3.63) is 64.7 Å². The molecule has 0 saturated heterocycles. The van der Waals surface area contributed by atoms with Crippen LogP contribution >= 0.6 is 0 Å². The van der Waals surface area contributed by atoms with E-state index in [1.807, 2.05) is 30.3 Å². The molecule has 0 unspecified atom stereocenters. The predicted molar refractivity (Wildman–Crippen MR) is 97.5 cm³/mol. The van der Waals surface area contributed by atoms with E-state index in [4.69, 9.17) is 14.6 Å². The van der Waals surface area contributed by atoms with Crippen LogP contribution in [0.2, 0.25) is 0 Å². The number of aryl methyl sites for hydroxylation is 2. The number of aliphatic carboxylic acids is 1. The highest BCUT2D eigenvalue weighted by Crippen LogP contribution is 2.24. The lowest BCUT2D eigenvalue weighted by molar-refractivity contribution is -0.139. The highest BCUT2D eigenvalue weighted by molar-refractivity contribution is 5.94. The van der Waals surface area contributed by atoms with Gasteiger partial charge in [0.1, 0.15) is 5.75 Å². The Hall–Kier alpha value is -2.86. The molecular weight excluding hydrogens is 334 g/mol. The molecule has 0 aliphatic heterocycles. The molecule has 26 heavy (non-hydrogen) atoms. The van der Waals surface area contributed by atoms with E-state index in [0.29, 0.717) is 31.1 Å². The third kappa shape index (κ3) is 5.89. The molecule has 0 bridgehead atoms. The van der Waals surface area contributed by atoms with Gasteiger partial charge in [-0.3, -0.25) is 4.79 Å². The summed E-state index contributed by atoms with van der Waals surface area (Å²) in [5, 5.41) is 11.5. The van der Waals surface area contributed by atoms with Crippen LogP contribution in [0.15, 0.2) is 42.5 Å². The van der Waals surface area contributed by atoms with Gasteiger partial charge in [0.05, 0.1) is 13.2 Å². The second-order valence-electron chi connectivity index (χ2n) is 5.92. The monoisotopic (exact) mass is 357 g/mol. The van der Waals surface area contributed by atoms with E-state index >= 15 is 0 Å². The molecule has 2 N–H and O–H groups in total. The van der Waals surface area contributed by atoms with Crippen LogP contribution in [-0.2, 0) is 16.1 Å². The molecular formula is C20H23NO5. The number of amides is 1. The maximum Gasteiger partial charge on any atom is 0.341 e. The average Bonchev–Trinajstić information content (AvgIpc) is 2.61. The maximum atomic E-state index is 12.3. The Labute approximate surface area is 152 Å². The molecule has 6 nitrogen and oxygen atoms in total. The first-order valence-electron chi connectivity index (χ1n) is 8.33. The Morgan fingerprint density at radius 2 is 1.73 bits per heavy atom. The van der Waals surface area contributed by atoms with Crippen molar-refractivity contribution in [3.8, 4) is 5.75 Å². The van der Waals surface area contributed by atoms with E-state index in [-0.39, 0.29) is 5.91 Å². The van der Waals surface area contributed by atoms with E-state index in [2.05, 4.69) is 5.32 Å². The normalized spacial score (nSPS) is 10.4. The van der Waals surface area contributed by atoms with Crippen LogP contribution < -0.4 is 10.1 Å². The van der Waals surface area contributed by atoms with Gasteiger partial charge in [0.25, 0.3) is 5.91 Å². The number of hydrogen-bond acceptors (Lipinski definition) is 4. The van der Waals surface area contributed by atoms with Crippen molar-refractivity contribution in [2.24, 2.45) is 0 Å². The summed E-state index contributed by atoms with van der Waals surface area (Å²) in [5.74, 6) is -0.749. The van der Waals surface area contributed by atoms with E-state index in [1.54, 1.807) is 26.0 Å². The fourth-order valence-electron chi connectivity index (χ4n) is 2.55. The predicted octanol–water partition coefficient (Wildman–Crippen LogP) is 2.71. The van der Waals surface area contributed by atoms with Gasteiger partial charge in [0.15, 0.2) is 6.61 Å². The topological polar surface area (TPSA) is 84.9 Å². The van der Waals surface area contributed by atoms with Crippen molar-refractivity contribution >= 4 is 11.9 Å². The molecule has 1 amide bonds. The Balaban J connectivity index is 1.82. The first-order valence-corrected chi connectivity index (χ1v) is 8.33. The molecule has 0 saturated carbocycles. The SMILES string of the molecule is Cc1cc(C(=O)NCCOCc2ccccc2)cc(C)c1OCC(=O)O. The van der Waals surface area contributed by atoms with Gasteiger partial charge in [-0.25, -0.2) is 4.79 Å². The standard InChI is InChI=1S/C20H23NO5/c1-14-10-17(11-15(2)19(14)26-13-18(22)23)20(24)21-8-9-25-12-16-6-4-3-5-7-16/h3-7,10-11H,8-9,12-13H2,1-2H3,(H,21,24)(H,22,23). The number of carbonyl (C=O) groups is 2. The summed E-state index contributed by atoms with van der Waals surface area (Å²) in [7, 11) is 0. The minimum absolute atomic E-state index is 0.204. The van der Waals surface area contributed by atoms with Gasteiger partial charge in [-0.2, -0.15) is 0 Å². The average molecular weight is 357 g/mol. The Kier molecular flexibility index (Phi) is 7.17. The summed E-state index contributed by atoms with van der Waals surface area (Å²) in [6.45, 7) is 4.48. The van der Waals surface area contributed by atoms with Crippen molar-refractivity contribution in [3.63, 3.8) is 0 Å². The van der Waals surface area contributed by atoms with Crippen molar-refractivity contribution in [1.82, 2.24) is 5.32 Å². The van der Waals surface area contributed by atoms with E-state index < -0.39 is 12.6 Å². The van der Waals surface area contributed by atoms with Gasteiger partial charge in [-0.05, 0) is 42.7 Å². The molecule has 0 atom stereocenters. The number of carbonyl (C=O) groups excluding carboxylic acids is 1. The lowest BCUT2D eigenvalue weighted by Gasteiger charge is -2.13. The van der Waals surface area contributed by atoms with Gasteiger partial charge in [-0.1, -0.05) is 30.3 Å². The smallest absolute Gasteiger partial charge is 0.341 e. The second-order valence-corrected chi connectivity index (χ2v) is 5.92. The summed E-state index contributed by atoms with van der Waals surface area (Å²) in [4.78, 5) is 22.9. The third-order valence-electron chi connectivity index (χ3n) is 3.71. The summed E-state index contributed by atoms with van der Waals surface area (Å²) >= 11 is 0. The molecule has 0 fully saturated rings. The van der Waals surface area contributed by atoms with E-state index in [0.717, 1.165) is 16.7 Å². The van der Waals surface area contributed by atoms with Crippen LogP contribution in [0.5, 0.6) is 5.75 Å². The molecule has 0 heterocycles. The molecule has 2 rings (SSSR count). The number of carboxylic acids is 1. The number of rotatable bonds is 9. The van der Waals surface area contributed by atoms with Crippen molar-refractivity contribution in [2.45, 2.75) is 20.5 Å². The van der Waals surface area contributed by atoms with Crippen LogP contribution in [0, 0.1) is 13.8 Å². The molecule has 0 aliphatic rings. The molecule has 0 spiro atoms. The quantitative estimate of drug-likeness (QED) is 0.674. The molecule has 2 aromatic carbocycles. The van der Waals surface area contributed by atoms with Crippen molar-refractivity contribution in [2.75, 3.05) is 19.8 Å². The minimum Gasteiger partial charge on any atom is -0.481 e. The molecule has 0 radical (unpaired) electrons. The molecule has 6 heteroatoms. The van der Waals surface area contributed by atoms with Gasteiger partial charge in [0.2, 0.25) is 0 Å². The summed E-state index contributed by atoms with van der Waals surface area (Å²) < 4.78 is 10.8.